The Balaban J connectivity index is 2.07. The molecule has 4 heteroatoms. The lowest BCUT2D eigenvalue weighted by Crippen LogP contribution is -2.34. The van der Waals surface area contributed by atoms with Gasteiger partial charge in [0.15, 0.2) is 0 Å². The Hall–Kier alpha value is -1.16. The van der Waals surface area contributed by atoms with Crippen LogP contribution in [0.4, 0.5) is 8.78 Å². The van der Waals surface area contributed by atoms with Gasteiger partial charge in [-0.2, -0.15) is 0 Å². The van der Waals surface area contributed by atoms with E-state index in [1.807, 2.05) is 0 Å². The van der Waals surface area contributed by atoms with Crippen LogP contribution in [0.3, 0.4) is 0 Å². The summed E-state index contributed by atoms with van der Waals surface area (Å²) in [4.78, 5) is 0. The number of hydrogen-bond donors (Lipinski definition) is 1. The van der Waals surface area contributed by atoms with E-state index in [1.54, 1.807) is 0 Å². The standard InChI is InChI=1S/C12H14F2O2/c13-8-5-9(14)7-10(6-8)16-12-4-2-1-3-11(12)15/h5-7,11-12,15H,1-4H2/t11-,12-/m1/s1. The zero-order valence-electron chi connectivity index (χ0n) is 8.83. The first-order chi connectivity index (χ1) is 7.65. The van der Waals surface area contributed by atoms with Crippen LogP contribution in [0.2, 0.25) is 0 Å². The molecule has 2 atom stereocenters. The van der Waals surface area contributed by atoms with Crippen LogP contribution in [-0.2, 0) is 0 Å². The molecule has 16 heavy (non-hydrogen) atoms. The van der Waals surface area contributed by atoms with E-state index in [1.165, 1.54) is 0 Å². The smallest absolute Gasteiger partial charge is 0.129 e. The van der Waals surface area contributed by atoms with E-state index in [-0.39, 0.29) is 11.9 Å². The van der Waals surface area contributed by atoms with Gasteiger partial charge in [0.25, 0.3) is 0 Å². The lowest BCUT2D eigenvalue weighted by molar-refractivity contribution is 0.00657. The number of aliphatic hydroxyl groups excluding tert-OH is 1. The molecule has 2 rings (SSSR count). The van der Waals surface area contributed by atoms with Gasteiger partial charge in [-0.05, 0) is 19.3 Å². The maximum atomic E-state index is 12.9. The van der Waals surface area contributed by atoms with E-state index in [4.69, 9.17) is 4.74 Å². The molecule has 0 radical (unpaired) electrons. The summed E-state index contributed by atoms with van der Waals surface area (Å²) < 4.78 is 31.2. The largest absolute Gasteiger partial charge is 0.488 e. The molecule has 1 aromatic rings. The minimum absolute atomic E-state index is 0.142. The first-order valence-electron chi connectivity index (χ1n) is 5.46. The summed E-state index contributed by atoms with van der Waals surface area (Å²) in [6.07, 6.45) is 2.45. The predicted octanol–water partition coefficient (Wildman–Crippen LogP) is 2.65. The highest BCUT2D eigenvalue weighted by atomic mass is 19.1. The van der Waals surface area contributed by atoms with Crippen LogP contribution < -0.4 is 4.74 Å². The monoisotopic (exact) mass is 228 g/mol. The van der Waals surface area contributed by atoms with E-state index < -0.39 is 17.7 Å². The van der Waals surface area contributed by atoms with Crippen LogP contribution in [0.15, 0.2) is 18.2 Å². The molecular formula is C12H14F2O2. The van der Waals surface area contributed by atoms with Crippen LogP contribution in [0, 0.1) is 11.6 Å². The molecule has 0 heterocycles. The van der Waals surface area contributed by atoms with Crippen LogP contribution in [0.5, 0.6) is 5.75 Å². The SMILES string of the molecule is O[C@@H]1CCCC[C@H]1Oc1cc(F)cc(F)c1. The third kappa shape index (κ3) is 2.70. The summed E-state index contributed by atoms with van der Waals surface area (Å²) in [6, 6.07) is 3.05. The second-order valence-corrected chi connectivity index (χ2v) is 4.11. The van der Waals surface area contributed by atoms with Crippen molar-refractivity contribution in [1.29, 1.82) is 0 Å². The number of aliphatic hydroxyl groups is 1. The van der Waals surface area contributed by atoms with Crippen molar-refractivity contribution in [3.8, 4) is 5.75 Å². The average molecular weight is 228 g/mol. The third-order valence-corrected chi connectivity index (χ3v) is 2.79. The summed E-state index contributed by atoms with van der Waals surface area (Å²) in [7, 11) is 0. The fourth-order valence-corrected chi connectivity index (χ4v) is 1.99. The Bertz CT molecular complexity index is 348. The molecule has 1 aromatic carbocycles. The van der Waals surface area contributed by atoms with Crippen molar-refractivity contribution >= 4 is 0 Å². The van der Waals surface area contributed by atoms with Gasteiger partial charge >= 0.3 is 0 Å². The Kier molecular flexibility index (Phi) is 3.39. The van der Waals surface area contributed by atoms with Gasteiger partial charge in [-0.1, -0.05) is 6.42 Å². The summed E-state index contributed by atoms with van der Waals surface area (Å²) in [5.41, 5.74) is 0. The Morgan fingerprint density at radius 1 is 1.06 bits per heavy atom. The second-order valence-electron chi connectivity index (χ2n) is 4.11. The molecule has 2 nitrogen and oxygen atoms in total. The molecule has 0 amide bonds. The summed E-state index contributed by atoms with van der Waals surface area (Å²) in [5, 5.41) is 9.66. The molecule has 0 unspecified atom stereocenters. The highest BCUT2D eigenvalue weighted by Crippen LogP contribution is 2.24. The van der Waals surface area contributed by atoms with Gasteiger partial charge in [0.2, 0.25) is 0 Å². The molecular weight excluding hydrogens is 214 g/mol. The van der Waals surface area contributed by atoms with Crippen molar-refractivity contribution < 1.29 is 18.6 Å². The van der Waals surface area contributed by atoms with E-state index in [2.05, 4.69) is 0 Å². The topological polar surface area (TPSA) is 29.5 Å². The van der Waals surface area contributed by atoms with Gasteiger partial charge in [0, 0.05) is 18.2 Å². The summed E-state index contributed by atoms with van der Waals surface area (Å²) >= 11 is 0. The normalized spacial score (nSPS) is 25.4. The highest BCUT2D eigenvalue weighted by Gasteiger charge is 2.24. The maximum absolute atomic E-state index is 12.9. The first-order valence-corrected chi connectivity index (χ1v) is 5.46. The van der Waals surface area contributed by atoms with Gasteiger partial charge in [-0.25, -0.2) is 8.78 Å². The summed E-state index contributed by atoms with van der Waals surface area (Å²) in [6.45, 7) is 0. The number of halogens is 2. The molecule has 1 N–H and O–H groups in total. The Morgan fingerprint density at radius 3 is 2.31 bits per heavy atom. The minimum Gasteiger partial charge on any atom is -0.488 e. The number of rotatable bonds is 2. The zero-order chi connectivity index (χ0) is 11.5. The highest BCUT2D eigenvalue weighted by molar-refractivity contribution is 5.24. The predicted molar refractivity (Wildman–Crippen MR) is 55.2 cm³/mol. The van der Waals surface area contributed by atoms with Crippen LogP contribution in [0.25, 0.3) is 0 Å². The third-order valence-electron chi connectivity index (χ3n) is 2.79. The second kappa shape index (κ2) is 4.78. The van der Waals surface area contributed by atoms with Crippen molar-refractivity contribution in [3.63, 3.8) is 0 Å². The Morgan fingerprint density at radius 2 is 1.69 bits per heavy atom. The number of hydrogen-bond acceptors (Lipinski definition) is 2. The van der Waals surface area contributed by atoms with Crippen LogP contribution in [-0.4, -0.2) is 17.3 Å². The zero-order valence-corrected chi connectivity index (χ0v) is 8.83. The lowest BCUT2D eigenvalue weighted by Gasteiger charge is -2.28. The molecule has 1 aliphatic rings. The molecule has 1 fully saturated rings. The lowest BCUT2D eigenvalue weighted by atomic mass is 9.95. The van der Waals surface area contributed by atoms with Crippen molar-refractivity contribution in [3.05, 3.63) is 29.8 Å². The van der Waals surface area contributed by atoms with E-state index in [9.17, 15) is 13.9 Å². The number of ether oxygens (including phenoxy) is 1. The fourth-order valence-electron chi connectivity index (χ4n) is 1.99. The molecule has 0 bridgehead atoms. The average Bonchev–Trinajstić information content (AvgIpc) is 2.20. The van der Waals surface area contributed by atoms with Gasteiger partial charge < -0.3 is 9.84 Å². The fraction of sp³-hybridized carbons (Fsp3) is 0.500. The molecule has 0 aromatic heterocycles. The van der Waals surface area contributed by atoms with Crippen LogP contribution in [0.1, 0.15) is 25.7 Å². The van der Waals surface area contributed by atoms with Crippen molar-refractivity contribution in [2.45, 2.75) is 37.9 Å². The molecule has 1 aliphatic carbocycles. The molecule has 0 saturated heterocycles. The van der Waals surface area contributed by atoms with E-state index in [0.29, 0.717) is 6.42 Å². The maximum Gasteiger partial charge on any atom is 0.129 e. The van der Waals surface area contributed by atoms with Gasteiger partial charge in [0.05, 0.1) is 6.10 Å². The van der Waals surface area contributed by atoms with Gasteiger partial charge in [-0.3, -0.25) is 0 Å². The first kappa shape index (κ1) is 11.3. The van der Waals surface area contributed by atoms with Crippen molar-refractivity contribution in [2.24, 2.45) is 0 Å². The minimum atomic E-state index is -0.666. The summed E-state index contributed by atoms with van der Waals surface area (Å²) in [5.74, 6) is -1.19. The molecule has 0 spiro atoms. The van der Waals surface area contributed by atoms with Crippen molar-refractivity contribution in [2.75, 3.05) is 0 Å². The molecule has 88 valence electrons. The van der Waals surface area contributed by atoms with E-state index in [0.717, 1.165) is 37.5 Å². The van der Waals surface area contributed by atoms with Gasteiger partial charge in [-0.15, -0.1) is 0 Å². The molecule has 1 saturated carbocycles. The number of benzene rings is 1. The van der Waals surface area contributed by atoms with E-state index >= 15 is 0 Å². The molecule has 0 aliphatic heterocycles. The van der Waals surface area contributed by atoms with Gasteiger partial charge in [0.1, 0.15) is 23.5 Å². The Labute approximate surface area is 92.9 Å². The van der Waals surface area contributed by atoms with Crippen molar-refractivity contribution in [1.82, 2.24) is 0 Å². The quantitative estimate of drug-likeness (QED) is 0.843. The van der Waals surface area contributed by atoms with Crippen LogP contribution >= 0.6 is 0 Å².